The number of benzene rings is 1. The van der Waals surface area contributed by atoms with Crippen LogP contribution in [0.5, 0.6) is 0 Å². The fourth-order valence-electron chi connectivity index (χ4n) is 3.38. The Morgan fingerprint density at radius 2 is 1.71 bits per heavy atom. The third-order valence-corrected chi connectivity index (χ3v) is 4.95. The van der Waals surface area contributed by atoms with E-state index < -0.39 is 0 Å². The molecule has 0 fully saturated rings. The number of H-pyrrole nitrogens is 1. The quantitative estimate of drug-likeness (QED) is 0.492. The van der Waals surface area contributed by atoms with Gasteiger partial charge < -0.3 is 0 Å². The van der Waals surface area contributed by atoms with Gasteiger partial charge in [-0.15, -0.1) is 0 Å². The first kappa shape index (κ1) is 18.0. The van der Waals surface area contributed by atoms with Crippen LogP contribution in [-0.2, 0) is 6.42 Å². The smallest absolute Gasteiger partial charge is 0.123 e. The third-order valence-electron chi connectivity index (χ3n) is 4.95. The van der Waals surface area contributed by atoms with Crippen LogP contribution < -0.4 is 0 Å². The molecule has 0 aliphatic heterocycles. The molecule has 4 rings (SSSR count). The molecule has 3 heterocycles. The van der Waals surface area contributed by atoms with Crippen LogP contribution in [0.2, 0.25) is 0 Å². The van der Waals surface area contributed by atoms with E-state index in [1.54, 1.807) is 24.5 Å². The Morgan fingerprint density at radius 3 is 2.43 bits per heavy atom. The molecule has 3 aromatic heterocycles. The van der Waals surface area contributed by atoms with Crippen molar-refractivity contribution in [1.29, 1.82) is 0 Å². The molecule has 140 valence electrons. The minimum Gasteiger partial charge on any atom is -0.281 e. The lowest BCUT2D eigenvalue weighted by molar-refractivity contribution is 0.628. The summed E-state index contributed by atoms with van der Waals surface area (Å²) in [6, 6.07) is 16.4. The lowest BCUT2D eigenvalue weighted by atomic mass is 9.94. The SMILES string of the molecule is CC(CCc1[nH]nc(-c2ccc(F)cc2)c1-c1ccncc1)c1ccccn1. The summed E-state index contributed by atoms with van der Waals surface area (Å²) in [6.45, 7) is 2.19. The van der Waals surface area contributed by atoms with Crippen LogP contribution in [0.15, 0.2) is 73.2 Å². The molecule has 4 nitrogen and oxygen atoms in total. The highest BCUT2D eigenvalue weighted by molar-refractivity contribution is 5.82. The van der Waals surface area contributed by atoms with Gasteiger partial charge in [0.25, 0.3) is 0 Å². The van der Waals surface area contributed by atoms with Crippen LogP contribution in [0.4, 0.5) is 4.39 Å². The van der Waals surface area contributed by atoms with E-state index >= 15 is 0 Å². The second-order valence-corrected chi connectivity index (χ2v) is 6.86. The van der Waals surface area contributed by atoms with Crippen LogP contribution in [0.1, 0.15) is 30.7 Å². The molecule has 1 unspecified atom stereocenters. The Labute approximate surface area is 163 Å². The highest BCUT2D eigenvalue weighted by Crippen LogP contribution is 2.34. The van der Waals surface area contributed by atoms with Gasteiger partial charge in [-0.1, -0.05) is 13.0 Å². The number of halogens is 1. The average Bonchev–Trinajstić information content (AvgIpc) is 3.17. The average molecular weight is 372 g/mol. The topological polar surface area (TPSA) is 54.5 Å². The predicted octanol–water partition coefficient (Wildman–Crippen LogP) is 5.41. The first-order valence-corrected chi connectivity index (χ1v) is 9.37. The lowest BCUT2D eigenvalue weighted by Gasteiger charge is -2.11. The Kier molecular flexibility index (Phi) is 5.24. The maximum absolute atomic E-state index is 13.4. The van der Waals surface area contributed by atoms with Gasteiger partial charge in [0.05, 0.1) is 0 Å². The summed E-state index contributed by atoms with van der Waals surface area (Å²) < 4.78 is 13.4. The van der Waals surface area contributed by atoms with Crippen molar-refractivity contribution in [3.63, 3.8) is 0 Å². The lowest BCUT2D eigenvalue weighted by Crippen LogP contribution is -2.00. The number of aromatic amines is 1. The Morgan fingerprint density at radius 1 is 0.929 bits per heavy atom. The molecule has 0 radical (unpaired) electrons. The first-order valence-electron chi connectivity index (χ1n) is 9.37. The highest BCUT2D eigenvalue weighted by atomic mass is 19.1. The zero-order valence-electron chi connectivity index (χ0n) is 15.6. The summed E-state index contributed by atoms with van der Waals surface area (Å²) in [7, 11) is 0. The minimum absolute atomic E-state index is 0.255. The number of pyridine rings is 2. The van der Waals surface area contributed by atoms with Gasteiger partial charge in [0, 0.05) is 41.1 Å². The summed E-state index contributed by atoms with van der Waals surface area (Å²) in [4.78, 5) is 8.59. The summed E-state index contributed by atoms with van der Waals surface area (Å²) >= 11 is 0. The van der Waals surface area contributed by atoms with E-state index in [2.05, 4.69) is 33.2 Å². The normalized spacial score (nSPS) is 12.1. The molecule has 5 heteroatoms. The zero-order chi connectivity index (χ0) is 19.3. The molecule has 0 aliphatic carbocycles. The van der Waals surface area contributed by atoms with Gasteiger partial charge in [-0.2, -0.15) is 5.10 Å². The van der Waals surface area contributed by atoms with E-state index in [4.69, 9.17) is 0 Å². The molecular weight excluding hydrogens is 351 g/mol. The molecule has 0 amide bonds. The van der Waals surface area contributed by atoms with Crippen molar-refractivity contribution in [2.45, 2.75) is 25.7 Å². The first-order chi connectivity index (χ1) is 13.7. The van der Waals surface area contributed by atoms with E-state index in [0.717, 1.165) is 46.6 Å². The van der Waals surface area contributed by atoms with Gasteiger partial charge >= 0.3 is 0 Å². The molecule has 0 spiro atoms. The van der Waals surface area contributed by atoms with Crippen LogP contribution in [0.25, 0.3) is 22.4 Å². The van der Waals surface area contributed by atoms with Gasteiger partial charge in [0.2, 0.25) is 0 Å². The minimum atomic E-state index is -0.255. The van der Waals surface area contributed by atoms with Crippen LogP contribution in [0, 0.1) is 5.82 Å². The molecule has 0 saturated heterocycles. The maximum Gasteiger partial charge on any atom is 0.123 e. The molecule has 1 aromatic carbocycles. The standard InChI is InChI=1S/C23H21FN4/c1-16(20-4-2-3-13-26-20)5-10-21-22(17-11-14-25-15-12-17)23(28-27-21)18-6-8-19(24)9-7-18/h2-4,6-9,11-16H,5,10H2,1H3,(H,27,28). The van der Waals surface area contributed by atoms with E-state index in [1.807, 2.05) is 30.5 Å². The molecule has 0 aliphatic rings. The zero-order valence-corrected chi connectivity index (χ0v) is 15.6. The monoisotopic (exact) mass is 372 g/mol. The van der Waals surface area contributed by atoms with E-state index in [-0.39, 0.29) is 5.82 Å². The maximum atomic E-state index is 13.4. The van der Waals surface area contributed by atoms with Crippen molar-refractivity contribution in [3.05, 3.63) is 90.4 Å². The number of nitrogens with one attached hydrogen (secondary N) is 1. The Balaban J connectivity index is 1.66. The van der Waals surface area contributed by atoms with Crippen molar-refractivity contribution in [2.75, 3.05) is 0 Å². The van der Waals surface area contributed by atoms with Crippen molar-refractivity contribution >= 4 is 0 Å². The largest absolute Gasteiger partial charge is 0.281 e. The fourth-order valence-corrected chi connectivity index (χ4v) is 3.38. The molecule has 0 bridgehead atoms. The van der Waals surface area contributed by atoms with Crippen molar-refractivity contribution < 1.29 is 4.39 Å². The number of hydrogen-bond acceptors (Lipinski definition) is 3. The van der Waals surface area contributed by atoms with Gasteiger partial charge in [-0.05, 0) is 72.9 Å². The summed E-state index contributed by atoms with van der Waals surface area (Å²) in [5, 5.41) is 7.77. The highest BCUT2D eigenvalue weighted by Gasteiger charge is 2.18. The molecule has 4 aromatic rings. The van der Waals surface area contributed by atoms with Gasteiger partial charge in [0.1, 0.15) is 11.5 Å². The fraction of sp³-hybridized carbons (Fsp3) is 0.174. The van der Waals surface area contributed by atoms with Gasteiger partial charge in [-0.25, -0.2) is 4.39 Å². The number of aryl methyl sites for hydroxylation is 1. The number of hydrogen-bond donors (Lipinski definition) is 1. The van der Waals surface area contributed by atoms with Crippen LogP contribution in [-0.4, -0.2) is 20.2 Å². The van der Waals surface area contributed by atoms with Crippen LogP contribution in [0.3, 0.4) is 0 Å². The van der Waals surface area contributed by atoms with Crippen molar-refractivity contribution in [1.82, 2.24) is 20.2 Å². The van der Waals surface area contributed by atoms with Crippen molar-refractivity contribution in [2.24, 2.45) is 0 Å². The van der Waals surface area contributed by atoms with E-state index in [1.165, 1.54) is 12.1 Å². The number of rotatable bonds is 6. The molecule has 1 atom stereocenters. The van der Waals surface area contributed by atoms with Crippen LogP contribution >= 0.6 is 0 Å². The summed E-state index contributed by atoms with van der Waals surface area (Å²) in [5.74, 6) is 0.0817. The molecule has 28 heavy (non-hydrogen) atoms. The van der Waals surface area contributed by atoms with E-state index in [0.29, 0.717) is 5.92 Å². The van der Waals surface area contributed by atoms with Gasteiger partial charge in [0.15, 0.2) is 0 Å². The van der Waals surface area contributed by atoms with E-state index in [9.17, 15) is 4.39 Å². The third kappa shape index (κ3) is 3.83. The summed E-state index contributed by atoms with van der Waals surface area (Å²) in [5.41, 5.74) is 5.95. The predicted molar refractivity (Wildman–Crippen MR) is 108 cm³/mol. The molecule has 0 saturated carbocycles. The Bertz CT molecular complexity index is 1030. The second-order valence-electron chi connectivity index (χ2n) is 6.86. The second kappa shape index (κ2) is 8.13. The summed E-state index contributed by atoms with van der Waals surface area (Å²) in [6.07, 6.45) is 7.16. The molecular formula is C23H21FN4. The number of aromatic nitrogens is 4. The van der Waals surface area contributed by atoms with Crippen molar-refractivity contribution in [3.8, 4) is 22.4 Å². The molecule has 1 N–H and O–H groups in total. The Hall–Kier alpha value is -3.34. The van der Waals surface area contributed by atoms with Gasteiger partial charge in [-0.3, -0.25) is 15.1 Å². The number of nitrogens with zero attached hydrogens (tertiary/aromatic N) is 3.